The number of carbonyl (C=O) groups excluding carboxylic acids is 1. The van der Waals surface area contributed by atoms with Gasteiger partial charge >= 0.3 is 0 Å². The van der Waals surface area contributed by atoms with Crippen molar-refractivity contribution in [1.29, 1.82) is 0 Å². The van der Waals surface area contributed by atoms with E-state index in [1.165, 1.54) is 11.1 Å². The lowest BCUT2D eigenvalue weighted by atomic mass is 10.1. The number of carbonyl (C=O) groups is 1. The number of amides is 1. The number of primary amides is 1. The highest BCUT2D eigenvalue weighted by atomic mass is 16.1. The van der Waals surface area contributed by atoms with Gasteiger partial charge in [-0.15, -0.1) is 10.2 Å². The fourth-order valence-electron chi connectivity index (χ4n) is 2.20. The van der Waals surface area contributed by atoms with E-state index in [9.17, 15) is 4.79 Å². The smallest absolute Gasteiger partial charge is 0.269 e. The summed E-state index contributed by atoms with van der Waals surface area (Å²) >= 11 is 0. The molecule has 3 rings (SSSR count). The molecule has 0 bridgehead atoms. The molecule has 6 nitrogen and oxygen atoms in total. The Balaban J connectivity index is 1.84. The molecule has 0 unspecified atom stereocenters. The second-order valence-electron chi connectivity index (χ2n) is 4.53. The van der Waals surface area contributed by atoms with Gasteiger partial charge in [-0.25, -0.2) is 0 Å². The molecular weight excluding hydrogens is 242 g/mol. The molecule has 1 aromatic carbocycles. The molecule has 0 fully saturated rings. The van der Waals surface area contributed by atoms with Gasteiger partial charge in [-0.05, 0) is 35.4 Å². The monoisotopic (exact) mass is 255 g/mol. The molecule has 0 saturated carbocycles. The van der Waals surface area contributed by atoms with E-state index >= 15 is 0 Å². The van der Waals surface area contributed by atoms with Crippen LogP contribution in [0.3, 0.4) is 0 Å². The van der Waals surface area contributed by atoms with Crippen molar-refractivity contribution in [2.24, 2.45) is 5.73 Å². The van der Waals surface area contributed by atoms with E-state index in [1.807, 2.05) is 18.2 Å². The van der Waals surface area contributed by atoms with E-state index in [0.717, 1.165) is 24.6 Å². The summed E-state index contributed by atoms with van der Waals surface area (Å²) in [5.74, 6) is 0.149. The van der Waals surface area contributed by atoms with Gasteiger partial charge < -0.3 is 16.4 Å². The highest BCUT2D eigenvalue weighted by molar-refractivity contribution is 5.90. The van der Waals surface area contributed by atoms with Crippen molar-refractivity contribution in [3.05, 3.63) is 47.2 Å². The second-order valence-corrected chi connectivity index (χ2v) is 4.53. The third-order valence-electron chi connectivity index (χ3n) is 3.18. The molecule has 19 heavy (non-hydrogen) atoms. The summed E-state index contributed by atoms with van der Waals surface area (Å²) < 4.78 is 0. The quantitative estimate of drug-likeness (QED) is 0.769. The minimum Gasteiger partial charge on any atom is -0.399 e. The van der Waals surface area contributed by atoms with Crippen molar-refractivity contribution in [2.45, 2.75) is 13.1 Å². The SMILES string of the molecule is NC(=O)c1ccc(N2Cc3ccc(N)cc3C2)nn1. The van der Waals surface area contributed by atoms with Crippen LogP contribution in [0, 0.1) is 0 Å². The number of anilines is 2. The predicted octanol–water partition coefficient (Wildman–Crippen LogP) is 0.678. The number of nitrogens with two attached hydrogens (primary N) is 2. The number of benzene rings is 1. The van der Waals surface area contributed by atoms with Crippen molar-refractivity contribution in [1.82, 2.24) is 10.2 Å². The molecule has 0 saturated heterocycles. The molecule has 0 radical (unpaired) electrons. The Morgan fingerprint density at radius 2 is 1.89 bits per heavy atom. The Morgan fingerprint density at radius 1 is 1.11 bits per heavy atom. The normalized spacial score (nSPS) is 13.4. The minimum absolute atomic E-state index is 0.171. The van der Waals surface area contributed by atoms with Crippen molar-refractivity contribution in [3.63, 3.8) is 0 Å². The topological polar surface area (TPSA) is 98.1 Å². The van der Waals surface area contributed by atoms with Crippen LogP contribution in [0.1, 0.15) is 21.6 Å². The number of hydrogen-bond donors (Lipinski definition) is 2. The molecule has 0 spiro atoms. The Bertz CT molecular complexity index is 638. The van der Waals surface area contributed by atoms with Gasteiger partial charge in [-0.2, -0.15) is 0 Å². The average molecular weight is 255 g/mol. The number of nitrogen functional groups attached to an aromatic ring is 1. The van der Waals surface area contributed by atoms with E-state index in [-0.39, 0.29) is 5.69 Å². The fraction of sp³-hybridized carbons (Fsp3) is 0.154. The Labute approximate surface area is 110 Å². The Kier molecular flexibility index (Phi) is 2.56. The predicted molar refractivity (Wildman–Crippen MR) is 71.3 cm³/mol. The fourth-order valence-corrected chi connectivity index (χ4v) is 2.20. The molecular formula is C13H13N5O. The van der Waals surface area contributed by atoms with E-state index in [2.05, 4.69) is 15.1 Å². The van der Waals surface area contributed by atoms with Crippen LogP contribution in [0.2, 0.25) is 0 Å². The van der Waals surface area contributed by atoms with E-state index in [1.54, 1.807) is 12.1 Å². The van der Waals surface area contributed by atoms with Crippen LogP contribution in [0.15, 0.2) is 30.3 Å². The summed E-state index contributed by atoms with van der Waals surface area (Å²) in [5, 5.41) is 7.84. The van der Waals surface area contributed by atoms with Crippen LogP contribution >= 0.6 is 0 Å². The lowest BCUT2D eigenvalue weighted by molar-refractivity contribution is 0.0994. The van der Waals surface area contributed by atoms with Crippen LogP contribution in [0.4, 0.5) is 11.5 Å². The lowest BCUT2D eigenvalue weighted by Crippen LogP contribution is -2.19. The molecule has 2 heterocycles. The van der Waals surface area contributed by atoms with E-state index in [0.29, 0.717) is 0 Å². The standard InChI is InChI=1S/C13H13N5O/c14-10-2-1-8-6-18(7-9(8)5-10)12-4-3-11(13(15)19)16-17-12/h1-5H,6-7,14H2,(H2,15,19). The van der Waals surface area contributed by atoms with Gasteiger partial charge in [0.15, 0.2) is 11.5 Å². The number of hydrogen-bond acceptors (Lipinski definition) is 5. The van der Waals surface area contributed by atoms with Crippen LogP contribution in [-0.2, 0) is 13.1 Å². The molecule has 1 aromatic heterocycles. The van der Waals surface area contributed by atoms with Crippen LogP contribution in [-0.4, -0.2) is 16.1 Å². The first-order valence-corrected chi connectivity index (χ1v) is 5.89. The van der Waals surface area contributed by atoms with Crippen LogP contribution in [0.25, 0.3) is 0 Å². The van der Waals surface area contributed by atoms with Gasteiger partial charge in [0.2, 0.25) is 0 Å². The first-order chi connectivity index (χ1) is 9.13. The van der Waals surface area contributed by atoms with Crippen molar-refractivity contribution < 1.29 is 4.79 Å². The third kappa shape index (κ3) is 2.08. The third-order valence-corrected chi connectivity index (χ3v) is 3.18. The zero-order valence-corrected chi connectivity index (χ0v) is 10.2. The molecule has 0 aliphatic carbocycles. The van der Waals surface area contributed by atoms with E-state index < -0.39 is 5.91 Å². The average Bonchev–Trinajstić information content (AvgIpc) is 2.81. The molecule has 4 N–H and O–H groups in total. The van der Waals surface area contributed by atoms with Crippen LogP contribution < -0.4 is 16.4 Å². The summed E-state index contributed by atoms with van der Waals surface area (Å²) in [5.41, 5.74) is 14.3. The molecule has 1 aliphatic heterocycles. The Morgan fingerprint density at radius 3 is 2.58 bits per heavy atom. The molecule has 0 atom stereocenters. The zero-order chi connectivity index (χ0) is 13.4. The number of nitrogens with zero attached hydrogens (tertiary/aromatic N) is 3. The van der Waals surface area contributed by atoms with Gasteiger partial charge in [0.05, 0.1) is 0 Å². The summed E-state index contributed by atoms with van der Waals surface area (Å²) in [6.07, 6.45) is 0. The minimum atomic E-state index is -0.573. The molecule has 1 aliphatic rings. The summed E-state index contributed by atoms with van der Waals surface area (Å²) in [4.78, 5) is 13.0. The van der Waals surface area contributed by atoms with Gasteiger partial charge in [-0.3, -0.25) is 4.79 Å². The molecule has 6 heteroatoms. The maximum Gasteiger partial charge on any atom is 0.269 e. The number of rotatable bonds is 2. The van der Waals surface area contributed by atoms with Crippen molar-refractivity contribution in [2.75, 3.05) is 10.6 Å². The summed E-state index contributed by atoms with van der Waals surface area (Å²) in [7, 11) is 0. The maximum atomic E-state index is 10.9. The lowest BCUT2D eigenvalue weighted by Gasteiger charge is -2.15. The Hall–Kier alpha value is -2.63. The largest absolute Gasteiger partial charge is 0.399 e. The van der Waals surface area contributed by atoms with E-state index in [4.69, 9.17) is 11.5 Å². The summed E-state index contributed by atoms with van der Waals surface area (Å²) in [6.45, 7) is 1.51. The molecule has 96 valence electrons. The number of fused-ring (bicyclic) bond motifs is 1. The first kappa shape index (κ1) is 11.5. The highest BCUT2D eigenvalue weighted by Gasteiger charge is 2.20. The van der Waals surface area contributed by atoms with Gasteiger partial charge in [0.25, 0.3) is 5.91 Å². The second kappa shape index (κ2) is 4.24. The van der Waals surface area contributed by atoms with Gasteiger partial charge in [0, 0.05) is 18.8 Å². The van der Waals surface area contributed by atoms with Crippen LogP contribution in [0.5, 0.6) is 0 Å². The first-order valence-electron chi connectivity index (χ1n) is 5.89. The van der Waals surface area contributed by atoms with Gasteiger partial charge in [0.1, 0.15) is 0 Å². The maximum absolute atomic E-state index is 10.9. The van der Waals surface area contributed by atoms with Crippen molar-refractivity contribution >= 4 is 17.4 Å². The van der Waals surface area contributed by atoms with Crippen molar-refractivity contribution in [3.8, 4) is 0 Å². The summed E-state index contributed by atoms with van der Waals surface area (Å²) in [6, 6.07) is 9.23. The highest BCUT2D eigenvalue weighted by Crippen LogP contribution is 2.27. The number of aromatic nitrogens is 2. The van der Waals surface area contributed by atoms with Gasteiger partial charge in [-0.1, -0.05) is 6.07 Å². The molecule has 1 amide bonds. The molecule has 2 aromatic rings. The zero-order valence-electron chi connectivity index (χ0n) is 10.2.